The van der Waals surface area contributed by atoms with Gasteiger partial charge in [-0.1, -0.05) is 89.5 Å². The first-order valence-corrected chi connectivity index (χ1v) is 16.1. The molecule has 0 saturated carbocycles. The maximum Gasteiger partial charge on any atom is 0.249 e. The third-order valence-electron chi connectivity index (χ3n) is 7.06. The Labute approximate surface area is 272 Å². The minimum atomic E-state index is -0.827. The van der Waals surface area contributed by atoms with Crippen LogP contribution in [0.15, 0.2) is 66.7 Å². The van der Waals surface area contributed by atoms with Crippen LogP contribution in [-0.2, 0) is 29.0 Å². The lowest BCUT2D eigenvalue weighted by molar-refractivity contribution is -0.127. The van der Waals surface area contributed by atoms with E-state index in [-0.39, 0.29) is 31.6 Å². The Morgan fingerprint density at radius 1 is 0.956 bits per heavy atom. The van der Waals surface area contributed by atoms with Gasteiger partial charge in [0.05, 0.1) is 17.2 Å². The van der Waals surface area contributed by atoms with Gasteiger partial charge in [0.2, 0.25) is 18.6 Å². The van der Waals surface area contributed by atoms with Gasteiger partial charge in [-0.2, -0.15) is 0 Å². The van der Waals surface area contributed by atoms with Crippen LogP contribution in [0.2, 0.25) is 5.02 Å². The Morgan fingerprint density at radius 2 is 1.62 bits per heavy atom. The number of halogens is 2. The van der Waals surface area contributed by atoms with E-state index < -0.39 is 12.7 Å². The minimum Gasteiger partial charge on any atom is -0.454 e. The molecule has 2 amide bonds. The number of hydrogen-bond donors (Lipinski definition) is 1. The molecule has 0 fully saturated rings. The molecule has 1 N–H and O–H groups in total. The van der Waals surface area contributed by atoms with E-state index in [9.17, 15) is 14.0 Å². The summed E-state index contributed by atoms with van der Waals surface area (Å²) < 4.78 is 26.0. The highest BCUT2D eigenvalue weighted by Crippen LogP contribution is 2.35. The number of fused-ring (bicyclic) bond motifs is 2. The van der Waals surface area contributed by atoms with Crippen LogP contribution < -0.4 is 19.7 Å². The zero-order valence-electron chi connectivity index (χ0n) is 27.7. The SMILES string of the molecule is CC.CC.CC.Cc1c(CCF)c2c(Cl)cccc2n1CC(=O)NC(Cc1ccccc1)C(=O)N(C)c1ccc2c(c1)OCO2. The largest absolute Gasteiger partial charge is 0.454 e. The van der Waals surface area contributed by atoms with Crippen molar-refractivity contribution < 1.29 is 23.5 Å². The average molecular weight is 640 g/mol. The van der Waals surface area contributed by atoms with Crippen LogP contribution in [-0.4, -0.2) is 42.9 Å². The van der Waals surface area contributed by atoms with E-state index in [0.29, 0.717) is 28.6 Å². The molecular weight excluding hydrogens is 593 g/mol. The summed E-state index contributed by atoms with van der Waals surface area (Å²) in [5.74, 6) is 0.570. The van der Waals surface area contributed by atoms with Crippen LogP contribution in [0.25, 0.3) is 10.9 Å². The van der Waals surface area contributed by atoms with Crippen molar-refractivity contribution in [2.75, 3.05) is 25.4 Å². The number of nitrogens with zero attached hydrogens (tertiary/aromatic N) is 2. The lowest BCUT2D eigenvalue weighted by Gasteiger charge is -2.25. The smallest absolute Gasteiger partial charge is 0.249 e. The number of aryl methyl sites for hydroxylation is 1. The molecule has 5 rings (SSSR count). The van der Waals surface area contributed by atoms with Gasteiger partial charge in [0.15, 0.2) is 11.5 Å². The fraction of sp³-hybridized carbons (Fsp3) is 0.389. The number of hydrogen-bond acceptors (Lipinski definition) is 4. The first kappa shape index (κ1) is 37.1. The molecule has 0 aliphatic carbocycles. The fourth-order valence-corrected chi connectivity index (χ4v) is 5.34. The number of ether oxygens (including phenoxy) is 2. The Hall–Kier alpha value is -4.04. The van der Waals surface area contributed by atoms with E-state index in [1.807, 2.05) is 89.4 Å². The van der Waals surface area contributed by atoms with E-state index in [4.69, 9.17) is 21.1 Å². The summed E-state index contributed by atoms with van der Waals surface area (Å²) in [6, 6.07) is 19.4. The van der Waals surface area contributed by atoms with Crippen molar-refractivity contribution >= 4 is 40.0 Å². The van der Waals surface area contributed by atoms with Crippen molar-refractivity contribution in [2.45, 2.75) is 73.9 Å². The van der Waals surface area contributed by atoms with Crippen molar-refractivity contribution in [3.8, 4) is 11.5 Å². The van der Waals surface area contributed by atoms with E-state index in [2.05, 4.69) is 5.32 Å². The van der Waals surface area contributed by atoms with Crippen molar-refractivity contribution in [2.24, 2.45) is 0 Å². The zero-order chi connectivity index (χ0) is 33.5. The number of carbonyl (C=O) groups is 2. The Morgan fingerprint density at radius 3 is 2.29 bits per heavy atom. The number of amides is 2. The maximum absolute atomic E-state index is 13.7. The Kier molecular flexibility index (Phi) is 15.4. The number of rotatable bonds is 9. The highest BCUT2D eigenvalue weighted by molar-refractivity contribution is 6.35. The number of anilines is 1. The Balaban J connectivity index is 0.00000111. The van der Waals surface area contributed by atoms with E-state index in [0.717, 1.165) is 27.7 Å². The monoisotopic (exact) mass is 639 g/mol. The minimum absolute atomic E-state index is 0.0404. The third kappa shape index (κ3) is 9.01. The van der Waals surface area contributed by atoms with Crippen LogP contribution in [0.1, 0.15) is 58.4 Å². The molecule has 0 saturated heterocycles. The van der Waals surface area contributed by atoms with E-state index in [1.165, 1.54) is 4.90 Å². The van der Waals surface area contributed by atoms with Crippen LogP contribution in [0.5, 0.6) is 11.5 Å². The van der Waals surface area contributed by atoms with Gasteiger partial charge in [0.25, 0.3) is 0 Å². The summed E-state index contributed by atoms with van der Waals surface area (Å²) in [6.07, 6.45) is 0.515. The van der Waals surface area contributed by atoms with Gasteiger partial charge in [-0.25, -0.2) is 0 Å². The molecule has 1 aliphatic heterocycles. The molecule has 7 nitrogen and oxygen atoms in total. The molecule has 0 bridgehead atoms. The molecule has 1 unspecified atom stereocenters. The van der Waals surface area contributed by atoms with Gasteiger partial charge in [-0.15, -0.1) is 0 Å². The normalized spacial score (nSPS) is 11.6. The molecule has 2 heterocycles. The Bertz CT molecular complexity index is 1520. The highest BCUT2D eigenvalue weighted by Gasteiger charge is 2.27. The molecule has 4 aromatic rings. The van der Waals surface area contributed by atoms with Gasteiger partial charge < -0.3 is 24.3 Å². The second-order valence-electron chi connectivity index (χ2n) is 9.47. The molecule has 1 atom stereocenters. The topological polar surface area (TPSA) is 72.8 Å². The summed E-state index contributed by atoms with van der Waals surface area (Å²) in [7, 11) is 1.67. The van der Waals surface area contributed by atoms with Crippen molar-refractivity contribution in [3.05, 3.63) is 88.6 Å². The van der Waals surface area contributed by atoms with Crippen LogP contribution in [0.3, 0.4) is 0 Å². The van der Waals surface area contributed by atoms with Crippen LogP contribution >= 0.6 is 11.6 Å². The molecule has 0 spiro atoms. The van der Waals surface area contributed by atoms with Gasteiger partial charge in [-0.05, 0) is 42.3 Å². The zero-order valence-corrected chi connectivity index (χ0v) is 28.5. The van der Waals surface area contributed by atoms with E-state index in [1.54, 1.807) is 37.4 Å². The first-order valence-electron chi connectivity index (χ1n) is 15.7. The van der Waals surface area contributed by atoms with Gasteiger partial charge >= 0.3 is 0 Å². The van der Waals surface area contributed by atoms with Gasteiger partial charge in [0, 0.05) is 42.7 Å². The van der Waals surface area contributed by atoms with E-state index >= 15 is 0 Å². The van der Waals surface area contributed by atoms with Crippen LogP contribution in [0.4, 0.5) is 10.1 Å². The standard InChI is InChI=1S/C30H29ClFN3O4.3C2H6/c1-19-22(13-14-32)29-23(31)9-6-10-25(29)35(19)17-28(36)33-24(15-20-7-4-3-5-8-20)30(37)34(2)21-11-12-26-27(16-21)39-18-38-26;3*1-2/h3-12,16,24H,13-15,17-18H2,1-2H3,(H,33,36);3*1-2H3. The maximum atomic E-state index is 13.7. The molecule has 244 valence electrons. The number of benzene rings is 3. The average Bonchev–Trinajstić information content (AvgIpc) is 3.66. The molecule has 3 aromatic carbocycles. The van der Waals surface area contributed by atoms with Crippen molar-refractivity contribution in [1.82, 2.24) is 9.88 Å². The number of alkyl halides is 1. The quantitative estimate of drug-likeness (QED) is 0.200. The van der Waals surface area contributed by atoms with Crippen LogP contribution in [0, 0.1) is 6.92 Å². The fourth-order valence-electron chi connectivity index (χ4n) is 5.05. The molecule has 45 heavy (non-hydrogen) atoms. The summed E-state index contributed by atoms with van der Waals surface area (Å²) in [4.78, 5) is 28.7. The van der Waals surface area contributed by atoms with Crippen molar-refractivity contribution in [3.63, 3.8) is 0 Å². The second kappa shape index (κ2) is 18.7. The second-order valence-corrected chi connectivity index (χ2v) is 9.87. The summed E-state index contributed by atoms with van der Waals surface area (Å²) in [5, 5.41) is 4.22. The summed E-state index contributed by atoms with van der Waals surface area (Å²) in [5.41, 5.74) is 3.84. The third-order valence-corrected chi connectivity index (χ3v) is 7.38. The molecule has 1 aliphatic rings. The molecular formula is C36H47ClFN3O4. The predicted octanol–water partition coefficient (Wildman–Crippen LogP) is 8.31. The number of nitrogens with one attached hydrogen (secondary N) is 1. The number of likely N-dealkylation sites (N-methyl/N-ethyl adjacent to an activating group) is 1. The predicted molar refractivity (Wildman–Crippen MR) is 183 cm³/mol. The molecule has 9 heteroatoms. The van der Waals surface area contributed by atoms with Crippen molar-refractivity contribution in [1.29, 1.82) is 0 Å². The number of aromatic nitrogens is 1. The highest BCUT2D eigenvalue weighted by atomic mass is 35.5. The van der Waals surface area contributed by atoms with Gasteiger partial charge in [0.1, 0.15) is 12.6 Å². The lowest BCUT2D eigenvalue weighted by Crippen LogP contribution is -2.49. The first-order chi connectivity index (χ1) is 21.9. The molecule has 1 aromatic heterocycles. The van der Waals surface area contributed by atoms with Gasteiger partial charge in [-0.3, -0.25) is 14.0 Å². The lowest BCUT2D eigenvalue weighted by atomic mass is 10.0. The summed E-state index contributed by atoms with van der Waals surface area (Å²) in [6.45, 7) is 13.4. The molecule has 0 radical (unpaired) electrons. The number of carbonyl (C=O) groups excluding carboxylic acids is 2. The summed E-state index contributed by atoms with van der Waals surface area (Å²) >= 11 is 6.46.